The molecule has 10 heteroatoms. The molecule has 4 amide bonds. The van der Waals surface area contributed by atoms with Crippen molar-refractivity contribution < 1.29 is 18.8 Å². The predicted octanol–water partition coefficient (Wildman–Crippen LogP) is 0.171. The first-order valence-electron chi connectivity index (χ1n) is 7.27. The molecule has 0 aromatic carbocycles. The van der Waals surface area contributed by atoms with E-state index < -0.39 is 6.03 Å². The minimum atomic E-state index is -0.402. The number of carbonyl (C=O) groups is 3. The maximum atomic E-state index is 11.6. The van der Waals surface area contributed by atoms with Gasteiger partial charge in [0.1, 0.15) is 0 Å². The van der Waals surface area contributed by atoms with Gasteiger partial charge in [-0.05, 0) is 13.8 Å². The van der Waals surface area contributed by atoms with Crippen molar-refractivity contribution in [1.29, 1.82) is 0 Å². The Kier molecular flexibility index (Phi) is 5.97. The number of carbonyl (C=O) groups excluding carboxylic acids is 3. The van der Waals surface area contributed by atoms with Gasteiger partial charge in [-0.25, -0.2) is 4.79 Å². The molecule has 0 bridgehead atoms. The molecule has 1 aromatic heterocycles. The highest BCUT2D eigenvalue weighted by molar-refractivity contribution is 7.99. The standard InChI is InChI=1S/C13H19N5O4S/c1-8(2)14-10(20)7-23-13-17-16-11(22-13)4-6-18-5-3-9(19)15-12(18)21/h8H,3-7H2,1-2H3,(H,14,20)(H,15,19,21). The van der Waals surface area contributed by atoms with Crippen molar-refractivity contribution in [3.8, 4) is 0 Å². The van der Waals surface area contributed by atoms with Gasteiger partial charge >= 0.3 is 6.03 Å². The summed E-state index contributed by atoms with van der Waals surface area (Å²) in [5, 5.41) is 13.1. The molecule has 0 atom stereocenters. The van der Waals surface area contributed by atoms with E-state index >= 15 is 0 Å². The number of hydrogen-bond donors (Lipinski definition) is 2. The Morgan fingerprint density at radius 3 is 2.91 bits per heavy atom. The van der Waals surface area contributed by atoms with Gasteiger partial charge in [0.25, 0.3) is 5.22 Å². The number of rotatable bonds is 7. The number of hydrogen-bond acceptors (Lipinski definition) is 7. The van der Waals surface area contributed by atoms with Gasteiger partial charge in [0.05, 0.1) is 5.75 Å². The van der Waals surface area contributed by atoms with Gasteiger partial charge < -0.3 is 14.6 Å². The van der Waals surface area contributed by atoms with Crippen LogP contribution in [0.25, 0.3) is 0 Å². The van der Waals surface area contributed by atoms with Crippen LogP contribution in [0.4, 0.5) is 4.79 Å². The second-order valence-corrected chi connectivity index (χ2v) is 6.24. The van der Waals surface area contributed by atoms with E-state index in [1.54, 1.807) is 0 Å². The SMILES string of the molecule is CC(C)NC(=O)CSc1nnc(CCN2CCC(=O)NC2=O)o1. The quantitative estimate of drug-likeness (QED) is 0.679. The van der Waals surface area contributed by atoms with Crippen LogP contribution in [0.5, 0.6) is 0 Å². The Morgan fingerprint density at radius 1 is 1.43 bits per heavy atom. The van der Waals surface area contributed by atoms with Crippen LogP contribution in [0.1, 0.15) is 26.2 Å². The molecule has 0 saturated carbocycles. The largest absolute Gasteiger partial charge is 0.416 e. The number of nitrogens with zero attached hydrogens (tertiary/aromatic N) is 3. The van der Waals surface area contributed by atoms with Crippen molar-refractivity contribution in [3.63, 3.8) is 0 Å². The fourth-order valence-electron chi connectivity index (χ4n) is 1.93. The van der Waals surface area contributed by atoms with E-state index in [0.717, 1.165) is 11.8 Å². The first-order valence-corrected chi connectivity index (χ1v) is 8.26. The summed E-state index contributed by atoms with van der Waals surface area (Å²) < 4.78 is 5.42. The summed E-state index contributed by atoms with van der Waals surface area (Å²) in [5.74, 6) is 0.236. The second kappa shape index (κ2) is 7.95. The van der Waals surface area contributed by atoms with Crippen LogP contribution >= 0.6 is 11.8 Å². The zero-order valence-corrected chi connectivity index (χ0v) is 13.8. The number of amides is 4. The molecule has 2 N–H and O–H groups in total. The Morgan fingerprint density at radius 2 is 2.22 bits per heavy atom. The molecule has 1 aliphatic heterocycles. The summed E-state index contributed by atoms with van der Waals surface area (Å²) in [6, 6.07) is -0.315. The molecule has 0 aliphatic carbocycles. The van der Waals surface area contributed by atoms with Gasteiger partial charge in [-0.3, -0.25) is 14.9 Å². The van der Waals surface area contributed by atoms with Gasteiger partial charge in [-0.1, -0.05) is 11.8 Å². The molecular formula is C13H19N5O4S. The maximum absolute atomic E-state index is 11.6. The van der Waals surface area contributed by atoms with Crippen LogP contribution in [0, 0.1) is 0 Å². The summed E-state index contributed by atoms with van der Waals surface area (Å²) in [6.45, 7) is 4.55. The lowest BCUT2D eigenvalue weighted by molar-refractivity contribution is -0.121. The first-order chi connectivity index (χ1) is 10.9. The molecule has 1 fully saturated rings. The van der Waals surface area contributed by atoms with Gasteiger partial charge in [0.2, 0.25) is 17.7 Å². The fraction of sp³-hybridized carbons (Fsp3) is 0.615. The molecule has 0 radical (unpaired) electrons. The van der Waals surface area contributed by atoms with Crippen LogP contribution in [-0.4, -0.2) is 57.8 Å². The van der Waals surface area contributed by atoms with E-state index in [9.17, 15) is 14.4 Å². The summed E-state index contributed by atoms with van der Waals surface area (Å²) in [7, 11) is 0. The summed E-state index contributed by atoms with van der Waals surface area (Å²) in [4.78, 5) is 35.7. The number of imide groups is 1. The van der Waals surface area contributed by atoms with Crippen molar-refractivity contribution in [2.24, 2.45) is 0 Å². The summed E-state index contributed by atoms with van der Waals surface area (Å²) >= 11 is 1.16. The number of nitrogens with one attached hydrogen (secondary N) is 2. The lowest BCUT2D eigenvalue weighted by Crippen LogP contribution is -2.49. The fourth-order valence-corrected chi connectivity index (χ4v) is 2.52. The lowest BCUT2D eigenvalue weighted by atomic mass is 10.3. The Hall–Kier alpha value is -2.10. The number of aromatic nitrogens is 2. The average molecular weight is 341 g/mol. The lowest BCUT2D eigenvalue weighted by Gasteiger charge is -2.25. The normalized spacial score (nSPS) is 15.0. The summed E-state index contributed by atoms with van der Waals surface area (Å²) in [6.07, 6.45) is 0.689. The van der Waals surface area contributed by atoms with Crippen LogP contribution in [0.15, 0.2) is 9.64 Å². The van der Waals surface area contributed by atoms with E-state index in [1.807, 2.05) is 13.8 Å². The van der Waals surface area contributed by atoms with Crippen LogP contribution < -0.4 is 10.6 Å². The highest BCUT2D eigenvalue weighted by atomic mass is 32.2. The third-order valence-corrected chi connectivity index (χ3v) is 3.78. The minimum absolute atomic E-state index is 0.0870. The first kappa shape index (κ1) is 17.3. The Labute approximate surface area is 137 Å². The smallest absolute Gasteiger partial charge is 0.324 e. The third kappa shape index (κ3) is 5.55. The van der Waals surface area contributed by atoms with E-state index in [0.29, 0.717) is 37.0 Å². The third-order valence-electron chi connectivity index (χ3n) is 2.96. The molecule has 1 aliphatic rings. The van der Waals surface area contributed by atoms with E-state index in [1.165, 1.54) is 4.90 Å². The van der Waals surface area contributed by atoms with E-state index in [2.05, 4.69) is 20.8 Å². The van der Waals surface area contributed by atoms with Crippen molar-refractivity contribution in [1.82, 2.24) is 25.7 Å². The van der Waals surface area contributed by atoms with E-state index in [-0.39, 0.29) is 23.6 Å². The molecule has 2 heterocycles. The molecule has 2 rings (SSSR count). The average Bonchev–Trinajstić information content (AvgIpc) is 2.91. The monoisotopic (exact) mass is 341 g/mol. The minimum Gasteiger partial charge on any atom is -0.416 e. The highest BCUT2D eigenvalue weighted by Gasteiger charge is 2.23. The molecule has 1 aromatic rings. The van der Waals surface area contributed by atoms with Crippen molar-refractivity contribution >= 4 is 29.6 Å². The van der Waals surface area contributed by atoms with Gasteiger partial charge in [-0.15, -0.1) is 10.2 Å². The van der Waals surface area contributed by atoms with Crippen LogP contribution in [0.2, 0.25) is 0 Å². The molecule has 23 heavy (non-hydrogen) atoms. The number of thioether (sulfide) groups is 1. The van der Waals surface area contributed by atoms with Gasteiger partial charge in [0, 0.05) is 32.0 Å². The molecule has 1 saturated heterocycles. The predicted molar refractivity (Wildman–Crippen MR) is 81.7 cm³/mol. The van der Waals surface area contributed by atoms with Gasteiger partial charge in [-0.2, -0.15) is 0 Å². The second-order valence-electron chi connectivity index (χ2n) is 5.31. The summed E-state index contributed by atoms with van der Waals surface area (Å²) in [5.41, 5.74) is 0. The van der Waals surface area contributed by atoms with Crippen LogP contribution in [0.3, 0.4) is 0 Å². The molecule has 126 valence electrons. The van der Waals surface area contributed by atoms with Crippen molar-refractivity contribution in [3.05, 3.63) is 5.89 Å². The van der Waals surface area contributed by atoms with Gasteiger partial charge in [0.15, 0.2) is 0 Å². The Bertz CT molecular complexity index is 589. The Balaban J connectivity index is 1.75. The molecule has 0 unspecified atom stereocenters. The molecule has 9 nitrogen and oxygen atoms in total. The van der Waals surface area contributed by atoms with Crippen LogP contribution in [-0.2, 0) is 16.0 Å². The zero-order valence-electron chi connectivity index (χ0n) is 13.0. The maximum Gasteiger partial charge on any atom is 0.324 e. The van der Waals surface area contributed by atoms with Crippen molar-refractivity contribution in [2.75, 3.05) is 18.8 Å². The molecular weight excluding hydrogens is 322 g/mol. The van der Waals surface area contributed by atoms with Crippen molar-refractivity contribution in [2.45, 2.75) is 38.0 Å². The molecule has 0 spiro atoms. The zero-order chi connectivity index (χ0) is 16.8. The van der Waals surface area contributed by atoms with E-state index in [4.69, 9.17) is 4.42 Å². The topological polar surface area (TPSA) is 117 Å². The number of urea groups is 1. The highest BCUT2D eigenvalue weighted by Crippen LogP contribution is 2.16.